The minimum absolute atomic E-state index is 0.340. The van der Waals surface area contributed by atoms with Crippen LogP contribution in [-0.4, -0.2) is 61.6 Å². The fourth-order valence-electron chi connectivity index (χ4n) is 2.09. The summed E-state index contributed by atoms with van der Waals surface area (Å²) in [6.07, 6.45) is -3.99. The number of aliphatic hydroxyl groups excluding tert-OH is 3. The van der Waals surface area contributed by atoms with Gasteiger partial charge in [0.2, 0.25) is 0 Å². The van der Waals surface area contributed by atoms with E-state index in [1.807, 2.05) is 0 Å². The first-order valence-corrected chi connectivity index (χ1v) is 5.67. The van der Waals surface area contributed by atoms with Crippen LogP contribution in [0, 0.1) is 0 Å². The predicted molar refractivity (Wildman–Crippen MR) is 62.3 cm³/mol. The van der Waals surface area contributed by atoms with Crippen LogP contribution in [0.25, 0.3) is 0 Å². The second-order valence-corrected chi connectivity index (χ2v) is 4.31. The van der Waals surface area contributed by atoms with Gasteiger partial charge in [0, 0.05) is 0 Å². The molecule has 0 radical (unpaired) electrons. The first kappa shape index (κ1) is 14.4. The average molecular weight is 286 g/mol. The van der Waals surface area contributed by atoms with Crippen LogP contribution >= 0.6 is 0 Å². The van der Waals surface area contributed by atoms with Crippen LogP contribution in [0.1, 0.15) is 27.2 Å². The maximum atomic E-state index is 11.4. The van der Waals surface area contributed by atoms with Crippen molar-refractivity contribution in [1.29, 1.82) is 0 Å². The number of ether oxygens (including phenoxy) is 1. The van der Waals surface area contributed by atoms with E-state index < -0.39 is 43.0 Å². The minimum atomic E-state index is -1.43. The van der Waals surface area contributed by atoms with Crippen molar-refractivity contribution in [2.24, 2.45) is 11.5 Å². The smallest absolute Gasteiger partial charge is 0.269 e. The first-order valence-electron chi connectivity index (χ1n) is 5.67. The Morgan fingerprint density at radius 1 is 1.30 bits per heavy atom. The average Bonchev–Trinajstić information content (AvgIpc) is 2.93. The molecule has 0 bridgehead atoms. The highest BCUT2D eigenvalue weighted by Gasteiger charge is 2.44. The van der Waals surface area contributed by atoms with Crippen molar-refractivity contribution in [3.8, 4) is 0 Å². The highest BCUT2D eigenvalue weighted by molar-refractivity contribution is 6.03. The summed E-state index contributed by atoms with van der Waals surface area (Å²) < 4.78 is 6.22. The van der Waals surface area contributed by atoms with Gasteiger partial charge in [0.1, 0.15) is 24.0 Å². The van der Waals surface area contributed by atoms with Crippen LogP contribution in [0.3, 0.4) is 0 Å². The Balaban J connectivity index is 2.44. The van der Waals surface area contributed by atoms with Crippen LogP contribution < -0.4 is 11.5 Å². The second-order valence-electron chi connectivity index (χ2n) is 4.31. The molecule has 1 aliphatic rings. The molecule has 7 N–H and O–H groups in total. The van der Waals surface area contributed by atoms with E-state index in [9.17, 15) is 19.8 Å². The number of carbonyl (C=O) groups is 2. The summed E-state index contributed by atoms with van der Waals surface area (Å²) >= 11 is 0. The summed E-state index contributed by atoms with van der Waals surface area (Å²) in [5.41, 5.74) is 9.51. The van der Waals surface area contributed by atoms with E-state index in [1.54, 1.807) is 0 Å². The Kier molecular flexibility index (Phi) is 3.72. The lowest BCUT2D eigenvalue weighted by molar-refractivity contribution is -0.0534. The molecule has 1 aliphatic heterocycles. The zero-order valence-corrected chi connectivity index (χ0v) is 10.2. The van der Waals surface area contributed by atoms with Gasteiger partial charge in [-0.1, -0.05) is 0 Å². The van der Waals surface area contributed by atoms with Crippen molar-refractivity contribution in [2.45, 2.75) is 24.5 Å². The lowest BCUT2D eigenvalue weighted by Gasteiger charge is -2.17. The van der Waals surface area contributed by atoms with Gasteiger partial charge in [-0.25, -0.2) is 4.98 Å². The molecule has 2 amide bonds. The highest BCUT2D eigenvalue weighted by atomic mass is 16.6. The number of carbonyl (C=O) groups excluding carboxylic acids is 2. The van der Waals surface area contributed by atoms with Gasteiger partial charge in [0.15, 0.2) is 11.9 Å². The predicted octanol–water partition coefficient (Wildman–Crippen LogP) is -3.31. The molecule has 1 aromatic rings. The van der Waals surface area contributed by atoms with Crippen molar-refractivity contribution in [2.75, 3.05) is 6.61 Å². The molecule has 20 heavy (non-hydrogen) atoms. The number of nitrogens with zero attached hydrogens (tertiary/aromatic N) is 2. The summed E-state index contributed by atoms with van der Waals surface area (Å²) in [6.45, 7) is -0.530. The number of hydrogen-bond donors (Lipinski definition) is 5. The molecule has 1 aromatic heterocycles. The molecule has 0 aromatic carbocycles. The summed E-state index contributed by atoms with van der Waals surface area (Å²) in [5, 5.41) is 28.5. The van der Waals surface area contributed by atoms with E-state index in [0.29, 0.717) is 0 Å². The third kappa shape index (κ3) is 2.14. The largest absolute Gasteiger partial charge is 0.394 e. The first-order chi connectivity index (χ1) is 9.38. The molecule has 1 saturated heterocycles. The van der Waals surface area contributed by atoms with Crippen LogP contribution in [0.4, 0.5) is 0 Å². The van der Waals surface area contributed by atoms with Crippen molar-refractivity contribution >= 4 is 11.8 Å². The molecule has 4 atom stereocenters. The van der Waals surface area contributed by atoms with Gasteiger partial charge in [-0.2, -0.15) is 0 Å². The maximum Gasteiger partial charge on any atom is 0.269 e. The molecule has 10 nitrogen and oxygen atoms in total. The lowest BCUT2D eigenvalue weighted by Crippen LogP contribution is -2.34. The zero-order valence-electron chi connectivity index (χ0n) is 10.2. The molecule has 2 heterocycles. The Labute approximate surface area is 112 Å². The molecule has 0 spiro atoms. The fraction of sp³-hybridized carbons (Fsp3) is 0.500. The molecule has 2 rings (SSSR count). The number of aromatic nitrogens is 2. The van der Waals surface area contributed by atoms with Gasteiger partial charge in [-0.3, -0.25) is 14.2 Å². The number of rotatable bonds is 4. The molecule has 110 valence electrons. The van der Waals surface area contributed by atoms with E-state index in [2.05, 4.69) is 4.98 Å². The molecule has 1 unspecified atom stereocenters. The standard InChI is InChI=1S/C10H14N4O6/c11-8(18)4-5(9(12)19)14(2-13-4)10-7(17)6(16)3(1-15)20-10/h2-3,6-7,10,15-17H,1H2,(H2,11,18)(H2,12,19)/t3-,6-,7-,10?/m1/s1. The number of primary amides is 2. The van der Waals surface area contributed by atoms with Crippen LogP contribution in [-0.2, 0) is 4.74 Å². The van der Waals surface area contributed by atoms with Crippen LogP contribution in [0.15, 0.2) is 6.33 Å². The van der Waals surface area contributed by atoms with Crippen LogP contribution in [0.5, 0.6) is 0 Å². The Hall–Kier alpha value is -2.01. The minimum Gasteiger partial charge on any atom is -0.394 e. The number of hydrogen-bond acceptors (Lipinski definition) is 7. The Bertz CT molecular complexity index is 544. The third-order valence-corrected chi connectivity index (χ3v) is 3.05. The molecular formula is C10H14N4O6. The van der Waals surface area contributed by atoms with E-state index in [-0.39, 0.29) is 11.4 Å². The molecule has 0 aliphatic carbocycles. The van der Waals surface area contributed by atoms with Gasteiger partial charge in [0.05, 0.1) is 12.9 Å². The highest BCUT2D eigenvalue weighted by Crippen LogP contribution is 2.30. The normalized spacial score (nSPS) is 29.6. The Morgan fingerprint density at radius 3 is 2.40 bits per heavy atom. The second kappa shape index (κ2) is 5.17. The number of amides is 2. The summed E-state index contributed by atoms with van der Waals surface area (Å²) in [4.78, 5) is 26.2. The van der Waals surface area contributed by atoms with Crippen LogP contribution in [0.2, 0.25) is 0 Å². The molecule has 1 fully saturated rings. The van der Waals surface area contributed by atoms with Crippen molar-refractivity contribution in [1.82, 2.24) is 9.55 Å². The van der Waals surface area contributed by atoms with E-state index in [0.717, 1.165) is 10.9 Å². The zero-order chi connectivity index (χ0) is 15.0. The number of nitrogens with two attached hydrogens (primary N) is 2. The number of aliphatic hydroxyl groups is 3. The summed E-state index contributed by atoms with van der Waals surface area (Å²) in [6, 6.07) is 0. The molecule has 10 heteroatoms. The van der Waals surface area contributed by atoms with Gasteiger partial charge < -0.3 is 31.5 Å². The number of imidazole rings is 1. The fourth-order valence-corrected chi connectivity index (χ4v) is 2.09. The van der Waals surface area contributed by atoms with Gasteiger partial charge in [0.25, 0.3) is 11.8 Å². The van der Waals surface area contributed by atoms with Gasteiger partial charge >= 0.3 is 0 Å². The van der Waals surface area contributed by atoms with E-state index >= 15 is 0 Å². The summed E-state index contributed by atoms with van der Waals surface area (Å²) in [5.74, 6) is -1.96. The van der Waals surface area contributed by atoms with Crippen molar-refractivity contribution in [3.63, 3.8) is 0 Å². The summed E-state index contributed by atoms with van der Waals surface area (Å²) in [7, 11) is 0. The van der Waals surface area contributed by atoms with Gasteiger partial charge in [-0.05, 0) is 0 Å². The monoisotopic (exact) mass is 286 g/mol. The lowest BCUT2D eigenvalue weighted by atomic mass is 10.1. The quantitative estimate of drug-likeness (QED) is 0.385. The van der Waals surface area contributed by atoms with Crippen molar-refractivity contribution in [3.05, 3.63) is 17.7 Å². The Morgan fingerprint density at radius 2 is 1.95 bits per heavy atom. The third-order valence-electron chi connectivity index (χ3n) is 3.05. The van der Waals surface area contributed by atoms with Gasteiger partial charge in [-0.15, -0.1) is 0 Å². The molecule has 0 saturated carbocycles. The van der Waals surface area contributed by atoms with E-state index in [1.165, 1.54) is 0 Å². The topological polar surface area (TPSA) is 174 Å². The maximum absolute atomic E-state index is 11.4. The SMILES string of the molecule is NC(=O)c1ncn(C2O[C@H](CO)[C@@H](O)[C@H]2O)c1C(N)=O. The van der Waals surface area contributed by atoms with Crippen molar-refractivity contribution < 1.29 is 29.6 Å². The van der Waals surface area contributed by atoms with E-state index in [4.69, 9.17) is 21.3 Å². The molecular weight excluding hydrogens is 272 g/mol.